The molecular weight excluding hydrogens is 1480 g/mol. The fourth-order valence-electron chi connectivity index (χ4n) is 16.2. The minimum absolute atomic E-state index is 0.454. The molecule has 0 radical (unpaired) electrons. The number of pyridine rings is 10. The first-order valence-corrected chi connectivity index (χ1v) is 41.2. The fraction of sp³-hybridized carbons (Fsp3) is 0.238. The van der Waals surface area contributed by atoms with Crippen LogP contribution >= 0.6 is 0 Å². The number of nitrogens with zero attached hydrogens (tertiary/aromatic N) is 10. The van der Waals surface area contributed by atoms with E-state index in [-0.39, 0.29) is 0 Å². The second kappa shape index (κ2) is 33.2. The van der Waals surface area contributed by atoms with E-state index in [1.54, 1.807) is 24.7 Å². The Balaban J connectivity index is 0.000000115. The molecule has 0 spiro atoms. The Morgan fingerprint density at radius 2 is 0.717 bits per heavy atom. The molecule has 15 heterocycles. The van der Waals surface area contributed by atoms with E-state index in [9.17, 15) is 0 Å². The molecule has 0 aliphatic rings. The van der Waals surface area contributed by atoms with Gasteiger partial charge in [0.25, 0.3) is 0 Å². The SMILES string of the molecule is Cc1cc2oc3ccccc3c2nc1-c1ccc(C(C)C)c[n+]1C.Cc1cc2oc3cccnc3c2cc1-c1ccc(C(C)C)c[n+]1C.Cc1cc2oc3ccncc3c2cc1-c1ccc(C(C)C)c[n+]1C.Cc1nc2oc3ccccc3c2cc1-c1ccc(C(C)C)c[n+]1C.[2H]C([2H])([2H])C([2H])(C)c1ccc(-c2cc3c(cc2C)oc2ncccc23)[n+](C)c1. The van der Waals surface area contributed by atoms with E-state index < -0.39 is 12.7 Å². The molecule has 15 aromatic heterocycles. The highest BCUT2D eigenvalue weighted by atomic mass is 16.4. The molecule has 15 nitrogen and oxygen atoms in total. The van der Waals surface area contributed by atoms with Gasteiger partial charge in [0.2, 0.25) is 39.9 Å². The van der Waals surface area contributed by atoms with Crippen LogP contribution in [-0.4, -0.2) is 24.9 Å². The molecule has 20 rings (SSSR count). The summed E-state index contributed by atoms with van der Waals surface area (Å²) in [6.07, 6.45) is 17.7. The van der Waals surface area contributed by atoms with E-state index in [0.717, 1.165) is 150 Å². The Morgan fingerprint density at radius 1 is 0.308 bits per heavy atom. The van der Waals surface area contributed by atoms with Gasteiger partial charge in [0.05, 0.1) is 11.3 Å². The molecule has 0 saturated heterocycles. The first-order chi connectivity index (χ1) is 59.3. The molecule has 15 heteroatoms. The highest BCUT2D eigenvalue weighted by Crippen LogP contribution is 2.39. The summed E-state index contributed by atoms with van der Waals surface area (Å²) < 4.78 is 71.5. The third-order valence-electron chi connectivity index (χ3n) is 23.1. The lowest BCUT2D eigenvalue weighted by Crippen LogP contribution is -2.31. The molecule has 0 amide bonds. The van der Waals surface area contributed by atoms with Crippen LogP contribution in [-0.2, 0) is 35.2 Å². The summed E-state index contributed by atoms with van der Waals surface area (Å²) in [5.74, 6) is 0.410. The highest BCUT2D eigenvalue weighted by Gasteiger charge is 2.26. The van der Waals surface area contributed by atoms with Gasteiger partial charge in [0, 0.05) is 148 Å². The van der Waals surface area contributed by atoms with Crippen molar-refractivity contribution in [2.45, 2.75) is 133 Å². The summed E-state index contributed by atoms with van der Waals surface area (Å²) in [7, 11) is 10.3. The zero-order valence-corrected chi connectivity index (χ0v) is 71.9. The molecule has 0 bridgehead atoms. The van der Waals surface area contributed by atoms with Crippen molar-refractivity contribution >= 4 is 110 Å². The predicted molar refractivity (Wildman–Crippen MR) is 485 cm³/mol. The molecule has 20 aromatic rings. The number of hydrogen-bond donors (Lipinski definition) is 0. The van der Waals surface area contributed by atoms with Gasteiger partial charge < -0.3 is 22.1 Å². The molecule has 0 fully saturated rings. The monoisotopic (exact) mass is 1590 g/mol. The third-order valence-corrected chi connectivity index (χ3v) is 23.1. The quantitative estimate of drug-likeness (QED) is 0.121. The Morgan fingerprint density at radius 3 is 1.27 bits per heavy atom. The van der Waals surface area contributed by atoms with Crippen LogP contribution in [0.4, 0.5) is 0 Å². The van der Waals surface area contributed by atoms with Gasteiger partial charge in [-0.15, -0.1) is 0 Å². The van der Waals surface area contributed by atoms with Gasteiger partial charge in [-0.2, -0.15) is 4.57 Å². The summed E-state index contributed by atoms with van der Waals surface area (Å²) in [6, 6.07) is 64.1. The van der Waals surface area contributed by atoms with Crippen LogP contribution in [0.5, 0.6) is 0 Å². The van der Waals surface area contributed by atoms with Crippen molar-refractivity contribution in [2.24, 2.45) is 35.2 Å². The third kappa shape index (κ3) is 15.8. The summed E-state index contributed by atoms with van der Waals surface area (Å²) in [6.45, 7) is 27.2. The molecule has 1 unspecified atom stereocenters. The molecule has 0 N–H and O–H groups in total. The van der Waals surface area contributed by atoms with E-state index in [4.69, 9.17) is 37.5 Å². The smallest absolute Gasteiger partial charge is 0.231 e. The number of aryl methyl sites for hydroxylation is 10. The van der Waals surface area contributed by atoms with Gasteiger partial charge in [0.1, 0.15) is 85.5 Å². The normalized spacial score (nSPS) is 12.8. The number of fused-ring (bicyclic) bond motifs is 15. The zero-order chi connectivity index (χ0) is 87.6. The van der Waals surface area contributed by atoms with Gasteiger partial charge in [-0.1, -0.05) is 99.5 Å². The summed E-state index contributed by atoms with van der Waals surface area (Å²) in [5.41, 5.74) is 32.7. The number of hydrogen-bond acceptors (Lipinski definition) is 10. The predicted octanol–water partition coefficient (Wildman–Crippen LogP) is 24.5. The minimum Gasteiger partial charge on any atom is -0.456 e. The van der Waals surface area contributed by atoms with E-state index in [1.807, 2.05) is 117 Å². The van der Waals surface area contributed by atoms with E-state index in [1.165, 1.54) is 62.8 Å². The molecule has 0 saturated carbocycles. The topological polar surface area (TPSA) is 150 Å². The van der Waals surface area contributed by atoms with Gasteiger partial charge in [-0.3, -0.25) is 9.97 Å². The highest BCUT2D eigenvalue weighted by molar-refractivity contribution is 6.09. The maximum absolute atomic E-state index is 8.31. The Labute approximate surface area is 706 Å². The largest absolute Gasteiger partial charge is 0.456 e. The first-order valence-electron chi connectivity index (χ1n) is 43.2. The van der Waals surface area contributed by atoms with Crippen molar-refractivity contribution in [3.8, 4) is 56.4 Å². The summed E-state index contributed by atoms with van der Waals surface area (Å²) >= 11 is 0. The molecule has 1 atom stereocenters. The molecular formula is C105H105N10O5+5. The van der Waals surface area contributed by atoms with Crippen molar-refractivity contribution < 1.29 is 50.4 Å². The zero-order valence-electron chi connectivity index (χ0n) is 75.9. The molecule has 600 valence electrons. The van der Waals surface area contributed by atoms with Crippen molar-refractivity contribution in [3.63, 3.8) is 0 Å². The van der Waals surface area contributed by atoms with Crippen LogP contribution < -0.4 is 22.8 Å². The number of furan rings is 5. The number of aromatic nitrogens is 10. The molecule has 0 aliphatic heterocycles. The van der Waals surface area contributed by atoms with Crippen LogP contribution in [0.2, 0.25) is 0 Å². The minimum atomic E-state index is -2.40. The lowest BCUT2D eigenvalue weighted by molar-refractivity contribution is -0.661. The second-order valence-corrected chi connectivity index (χ2v) is 33.0. The van der Waals surface area contributed by atoms with E-state index >= 15 is 0 Å². The molecule has 5 aromatic carbocycles. The van der Waals surface area contributed by atoms with Crippen LogP contribution in [0.1, 0.15) is 160 Å². The summed E-state index contributed by atoms with van der Waals surface area (Å²) in [4.78, 5) is 22.7. The van der Waals surface area contributed by atoms with Gasteiger partial charge in [-0.25, -0.2) is 33.2 Å². The number of benzene rings is 5. The Kier molecular flexibility index (Phi) is 20.8. The second-order valence-electron chi connectivity index (χ2n) is 33.0. The van der Waals surface area contributed by atoms with Crippen molar-refractivity contribution in [1.82, 2.24) is 24.9 Å². The lowest BCUT2D eigenvalue weighted by Gasteiger charge is -2.08. The maximum atomic E-state index is 8.31. The fourth-order valence-corrected chi connectivity index (χ4v) is 16.2. The van der Waals surface area contributed by atoms with Crippen LogP contribution in [0.3, 0.4) is 0 Å². The maximum Gasteiger partial charge on any atom is 0.231 e. The Bertz CT molecular complexity index is 6820. The van der Waals surface area contributed by atoms with Gasteiger partial charge in [-0.05, 0) is 214 Å². The number of para-hydroxylation sites is 2. The van der Waals surface area contributed by atoms with Gasteiger partial charge in [0.15, 0.2) is 42.2 Å². The molecule has 120 heavy (non-hydrogen) atoms. The van der Waals surface area contributed by atoms with Crippen LogP contribution in [0, 0.1) is 34.6 Å². The Hall–Kier alpha value is -13.4. The summed E-state index contributed by atoms with van der Waals surface area (Å²) in [5, 5.41) is 8.44. The van der Waals surface area contributed by atoms with Crippen LogP contribution in [0.15, 0.2) is 266 Å². The standard InChI is InChI=1S/5C21H21N2O/c1-13(2)15-5-6-19(23(4)12-15)16-10-17-18-11-22-8-7-20(18)24-21(17)9-14(16)3;1-13(2)15-7-8-18(23(4)12-15)16-11-17-20(10-14(16)3)24-19-6-5-9-22-21(17)19;1-13(2)15-7-8-19(23(4)12-15)17-11-18-16-6-5-9-22-21(16)24-20(18)10-14(17)3;1-13(2)15-9-10-19(23(4)12-15)17-11-18-16-7-5-6-8-20(16)24-21(18)22-14(17)3;1-13(2)15-9-10-17(23(4)12-15)20-14(3)11-19-21(22-20)16-7-5-6-8-18(16)24-19/h5*5-13H,1-4H3/q5*+1/i;;1D3,13D;;. The van der Waals surface area contributed by atoms with Crippen molar-refractivity contribution in [3.05, 3.63) is 300 Å². The average Bonchev–Trinajstić information content (AvgIpc) is 1.57. The van der Waals surface area contributed by atoms with Crippen molar-refractivity contribution in [2.75, 3.05) is 0 Å². The van der Waals surface area contributed by atoms with E-state index in [2.05, 4.69) is 265 Å². The first kappa shape index (κ1) is 75.4. The van der Waals surface area contributed by atoms with E-state index in [0.29, 0.717) is 40.7 Å². The van der Waals surface area contributed by atoms with Crippen molar-refractivity contribution in [1.29, 1.82) is 0 Å². The van der Waals surface area contributed by atoms with Gasteiger partial charge >= 0.3 is 0 Å². The molecule has 0 aliphatic carbocycles. The van der Waals surface area contributed by atoms with Crippen LogP contribution in [0.25, 0.3) is 167 Å². The lowest BCUT2D eigenvalue weighted by atomic mass is 9.99. The number of rotatable bonds is 10. The average molecular weight is 1590 g/mol.